The number of sulfone groups is 1. The van der Waals surface area contributed by atoms with Crippen LogP contribution < -0.4 is 5.73 Å². The van der Waals surface area contributed by atoms with Crippen molar-refractivity contribution in [1.29, 1.82) is 0 Å². The molecule has 20 heavy (non-hydrogen) atoms. The Bertz CT molecular complexity index is 438. The van der Waals surface area contributed by atoms with E-state index in [1.165, 1.54) is 0 Å². The third kappa shape index (κ3) is 4.17. The number of amides is 1. The number of hydrogen-bond acceptors (Lipinski definition) is 5. The predicted molar refractivity (Wildman–Crippen MR) is 78.1 cm³/mol. The zero-order valence-electron chi connectivity index (χ0n) is 12.0. The van der Waals surface area contributed by atoms with Crippen molar-refractivity contribution in [3.63, 3.8) is 0 Å². The van der Waals surface area contributed by atoms with Crippen LogP contribution in [-0.4, -0.2) is 74.9 Å². The molecule has 2 aliphatic rings. The number of nitrogens with two attached hydrogens (primary N) is 1. The van der Waals surface area contributed by atoms with Crippen molar-refractivity contribution in [3.05, 3.63) is 0 Å². The summed E-state index contributed by atoms with van der Waals surface area (Å²) in [5, 5.41) is 0. The summed E-state index contributed by atoms with van der Waals surface area (Å²) in [6, 6.07) is 0. The molecule has 0 radical (unpaired) electrons. The van der Waals surface area contributed by atoms with Gasteiger partial charge in [-0.15, -0.1) is 0 Å². The zero-order valence-corrected chi connectivity index (χ0v) is 12.8. The van der Waals surface area contributed by atoms with Crippen LogP contribution in [0.5, 0.6) is 0 Å². The first-order valence-electron chi connectivity index (χ1n) is 7.43. The Balaban J connectivity index is 1.85. The highest BCUT2D eigenvalue weighted by atomic mass is 32.2. The topological polar surface area (TPSA) is 83.7 Å². The maximum atomic E-state index is 12.4. The summed E-state index contributed by atoms with van der Waals surface area (Å²) in [7, 11) is -2.98. The molecule has 0 saturated carbocycles. The lowest BCUT2D eigenvalue weighted by atomic mass is 10.1. The van der Waals surface area contributed by atoms with Gasteiger partial charge in [0.2, 0.25) is 5.91 Å². The van der Waals surface area contributed by atoms with Gasteiger partial charge in [0.1, 0.15) is 0 Å². The maximum absolute atomic E-state index is 12.4. The van der Waals surface area contributed by atoms with E-state index in [9.17, 15) is 13.2 Å². The third-order valence-corrected chi connectivity index (χ3v) is 5.93. The van der Waals surface area contributed by atoms with E-state index in [4.69, 9.17) is 5.73 Å². The average molecular weight is 303 g/mol. The van der Waals surface area contributed by atoms with E-state index in [2.05, 4.69) is 4.90 Å². The number of nitrogens with zero attached hydrogens (tertiary/aromatic N) is 2. The molecule has 2 N–H and O–H groups in total. The van der Waals surface area contributed by atoms with Gasteiger partial charge >= 0.3 is 0 Å². The fraction of sp³-hybridized carbons (Fsp3) is 0.923. The lowest BCUT2D eigenvalue weighted by molar-refractivity contribution is -0.134. The molecule has 2 rings (SSSR count). The van der Waals surface area contributed by atoms with Gasteiger partial charge in [-0.1, -0.05) is 0 Å². The van der Waals surface area contributed by atoms with Gasteiger partial charge in [-0.05, 0) is 38.9 Å². The third-order valence-electron chi connectivity index (χ3n) is 4.16. The van der Waals surface area contributed by atoms with Crippen LogP contribution in [0.15, 0.2) is 0 Å². The van der Waals surface area contributed by atoms with Crippen molar-refractivity contribution < 1.29 is 13.2 Å². The molecule has 0 aromatic heterocycles. The zero-order chi connectivity index (χ0) is 14.6. The summed E-state index contributed by atoms with van der Waals surface area (Å²) in [6.07, 6.45) is 2.43. The molecule has 116 valence electrons. The molecule has 1 atom stereocenters. The molecule has 7 heteroatoms. The van der Waals surface area contributed by atoms with E-state index in [0.717, 1.165) is 39.0 Å². The Morgan fingerprint density at radius 2 is 2.00 bits per heavy atom. The normalized spacial score (nSPS) is 27.4. The number of carbonyl (C=O) groups excluding carboxylic acids is 1. The second kappa shape index (κ2) is 6.87. The minimum Gasteiger partial charge on any atom is -0.341 e. The number of carbonyl (C=O) groups is 1. The lowest BCUT2D eigenvalue weighted by Crippen LogP contribution is -2.39. The molecular weight excluding hydrogens is 278 g/mol. The van der Waals surface area contributed by atoms with Crippen molar-refractivity contribution in [2.24, 2.45) is 11.7 Å². The Morgan fingerprint density at radius 3 is 2.65 bits per heavy atom. The first-order valence-corrected chi connectivity index (χ1v) is 9.25. The van der Waals surface area contributed by atoms with E-state index in [0.29, 0.717) is 19.5 Å². The molecular formula is C13H25N3O3S. The van der Waals surface area contributed by atoms with Gasteiger partial charge in [0.25, 0.3) is 0 Å². The largest absolute Gasteiger partial charge is 0.341 e. The summed E-state index contributed by atoms with van der Waals surface area (Å²) < 4.78 is 23.0. The lowest BCUT2D eigenvalue weighted by Gasteiger charge is -2.24. The molecule has 2 fully saturated rings. The van der Waals surface area contributed by atoms with E-state index in [1.54, 1.807) is 0 Å². The molecule has 2 aliphatic heterocycles. The van der Waals surface area contributed by atoms with Crippen molar-refractivity contribution >= 4 is 15.7 Å². The van der Waals surface area contributed by atoms with Crippen LogP contribution in [-0.2, 0) is 14.6 Å². The summed E-state index contributed by atoms with van der Waals surface area (Å²) >= 11 is 0. The Labute approximate surface area is 121 Å². The highest BCUT2D eigenvalue weighted by Gasteiger charge is 2.35. The van der Waals surface area contributed by atoms with Crippen LogP contribution in [0.1, 0.15) is 19.3 Å². The molecule has 1 unspecified atom stereocenters. The highest BCUT2D eigenvalue weighted by Crippen LogP contribution is 2.21. The molecule has 0 aromatic rings. The van der Waals surface area contributed by atoms with Crippen molar-refractivity contribution in [2.75, 3.05) is 50.8 Å². The molecule has 6 nitrogen and oxygen atoms in total. The minimum absolute atomic E-state index is 0.0340. The van der Waals surface area contributed by atoms with Crippen molar-refractivity contribution in [1.82, 2.24) is 9.80 Å². The first-order chi connectivity index (χ1) is 9.52. The summed E-state index contributed by atoms with van der Waals surface area (Å²) in [6.45, 7) is 4.99. The monoisotopic (exact) mass is 303 g/mol. The molecule has 2 heterocycles. The average Bonchev–Trinajstić information content (AvgIpc) is 2.64. The van der Waals surface area contributed by atoms with Gasteiger partial charge in [-0.2, -0.15) is 0 Å². The molecule has 0 aromatic carbocycles. The van der Waals surface area contributed by atoms with Gasteiger partial charge in [-0.25, -0.2) is 8.42 Å². The molecule has 1 amide bonds. The van der Waals surface area contributed by atoms with E-state index in [1.807, 2.05) is 4.90 Å². The van der Waals surface area contributed by atoms with Gasteiger partial charge in [0.15, 0.2) is 9.84 Å². The number of hydrogen-bond donors (Lipinski definition) is 1. The fourth-order valence-corrected chi connectivity index (χ4v) is 4.71. The van der Waals surface area contributed by atoms with Gasteiger partial charge < -0.3 is 15.5 Å². The molecule has 0 bridgehead atoms. The van der Waals surface area contributed by atoms with Gasteiger partial charge in [0, 0.05) is 19.6 Å². The fourth-order valence-electron chi connectivity index (χ4n) is 2.98. The summed E-state index contributed by atoms with van der Waals surface area (Å²) in [5.74, 6) is -0.0682. The van der Waals surface area contributed by atoms with Crippen LogP contribution in [0.25, 0.3) is 0 Å². The summed E-state index contributed by atoms with van der Waals surface area (Å²) in [5.41, 5.74) is 5.52. The van der Waals surface area contributed by atoms with Crippen LogP contribution in [0.3, 0.4) is 0 Å². The standard InChI is InChI=1S/C13H25N3O3S/c14-4-1-5-15-6-2-7-16(9-8-15)13(17)12-3-10-20(18,19)11-12/h12H,1-11,14H2. The number of rotatable bonds is 4. The van der Waals surface area contributed by atoms with Crippen LogP contribution >= 0.6 is 0 Å². The highest BCUT2D eigenvalue weighted by molar-refractivity contribution is 7.91. The predicted octanol–water partition coefficient (Wildman–Crippen LogP) is -0.696. The smallest absolute Gasteiger partial charge is 0.226 e. The van der Waals surface area contributed by atoms with Crippen LogP contribution in [0.2, 0.25) is 0 Å². The van der Waals surface area contributed by atoms with E-state index in [-0.39, 0.29) is 23.3 Å². The van der Waals surface area contributed by atoms with Crippen molar-refractivity contribution in [3.8, 4) is 0 Å². The molecule has 0 spiro atoms. The van der Waals surface area contributed by atoms with E-state index < -0.39 is 9.84 Å². The Hall–Kier alpha value is -0.660. The summed E-state index contributed by atoms with van der Waals surface area (Å²) in [4.78, 5) is 16.6. The first kappa shape index (κ1) is 15.7. The Morgan fingerprint density at radius 1 is 1.20 bits per heavy atom. The second-order valence-corrected chi connectivity index (χ2v) is 7.99. The maximum Gasteiger partial charge on any atom is 0.226 e. The van der Waals surface area contributed by atoms with Crippen molar-refractivity contribution in [2.45, 2.75) is 19.3 Å². The van der Waals surface area contributed by atoms with E-state index >= 15 is 0 Å². The van der Waals surface area contributed by atoms with Crippen LogP contribution in [0, 0.1) is 5.92 Å². The van der Waals surface area contributed by atoms with Crippen LogP contribution in [0.4, 0.5) is 0 Å². The SMILES string of the molecule is NCCCN1CCCN(C(=O)C2CCS(=O)(=O)C2)CC1. The molecule has 0 aliphatic carbocycles. The van der Waals surface area contributed by atoms with Gasteiger partial charge in [0.05, 0.1) is 17.4 Å². The molecule has 2 saturated heterocycles. The van der Waals surface area contributed by atoms with Gasteiger partial charge in [-0.3, -0.25) is 4.79 Å². The minimum atomic E-state index is -2.98. The second-order valence-electron chi connectivity index (χ2n) is 5.76. The quantitative estimate of drug-likeness (QED) is 0.743. The Kier molecular flexibility index (Phi) is 5.40.